The summed E-state index contributed by atoms with van der Waals surface area (Å²) in [7, 11) is 4.53. The summed E-state index contributed by atoms with van der Waals surface area (Å²) >= 11 is 0. The number of nitro benzene ring substituents is 1. The van der Waals surface area contributed by atoms with Crippen molar-refractivity contribution < 1.29 is 28.4 Å². The molecule has 4 rings (SSSR count). The number of nitro groups is 1. The predicted octanol–water partition coefficient (Wildman–Crippen LogP) is 3.93. The number of nitrogens with one attached hydrogen (secondary N) is 1. The van der Waals surface area contributed by atoms with Gasteiger partial charge in [-0.2, -0.15) is 4.98 Å². The number of anilines is 1. The van der Waals surface area contributed by atoms with Crippen molar-refractivity contribution in [2.75, 3.05) is 39.8 Å². The Morgan fingerprint density at radius 3 is 2.48 bits per heavy atom. The van der Waals surface area contributed by atoms with Gasteiger partial charge in [0, 0.05) is 30.3 Å². The average molecular weight is 456 g/mol. The quantitative estimate of drug-likeness (QED) is 0.373. The van der Waals surface area contributed by atoms with E-state index in [1.165, 1.54) is 27.4 Å². The van der Waals surface area contributed by atoms with Crippen LogP contribution >= 0.6 is 0 Å². The van der Waals surface area contributed by atoms with Crippen LogP contribution in [0.5, 0.6) is 17.2 Å². The lowest BCUT2D eigenvalue weighted by Gasteiger charge is -2.12. The number of rotatable bonds is 9. The van der Waals surface area contributed by atoms with Crippen molar-refractivity contribution in [3.05, 3.63) is 40.4 Å². The smallest absolute Gasteiger partial charge is 0.293 e. The summed E-state index contributed by atoms with van der Waals surface area (Å²) in [5, 5.41) is 18.8. The number of nitrogens with zero attached hydrogens (tertiary/aromatic N) is 3. The van der Waals surface area contributed by atoms with Gasteiger partial charge in [0.15, 0.2) is 11.5 Å². The molecular formula is C22H24N4O7. The van der Waals surface area contributed by atoms with E-state index in [9.17, 15) is 10.1 Å². The molecule has 0 aliphatic carbocycles. The molecule has 3 aromatic rings. The summed E-state index contributed by atoms with van der Waals surface area (Å²) < 4.78 is 27.0. The van der Waals surface area contributed by atoms with Gasteiger partial charge in [-0.05, 0) is 37.1 Å². The molecule has 0 bridgehead atoms. The van der Waals surface area contributed by atoms with Gasteiger partial charge in [-0.1, -0.05) is 5.16 Å². The van der Waals surface area contributed by atoms with E-state index in [2.05, 4.69) is 15.5 Å². The Bertz CT molecular complexity index is 1120. The number of aromatic nitrogens is 2. The highest BCUT2D eigenvalue weighted by atomic mass is 16.6. The second kappa shape index (κ2) is 9.74. The highest BCUT2D eigenvalue weighted by Crippen LogP contribution is 2.41. The Labute approximate surface area is 189 Å². The van der Waals surface area contributed by atoms with Crippen LogP contribution in [0.3, 0.4) is 0 Å². The van der Waals surface area contributed by atoms with Crippen molar-refractivity contribution in [1.29, 1.82) is 0 Å². The Hall–Kier alpha value is -3.86. The maximum absolute atomic E-state index is 11.7. The van der Waals surface area contributed by atoms with Crippen molar-refractivity contribution in [2.24, 2.45) is 0 Å². The lowest BCUT2D eigenvalue weighted by Crippen LogP contribution is -2.18. The van der Waals surface area contributed by atoms with Crippen molar-refractivity contribution >= 4 is 11.4 Å². The zero-order chi connectivity index (χ0) is 23.4. The first-order chi connectivity index (χ1) is 16.0. The molecule has 0 amide bonds. The van der Waals surface area contributed by atoms with Crippen LogP contribution in [0, 0.1) is 10.1 Å². The Balaban J connectivity index is 1.61. The second-order valence-corrected chi connectivity index (χ2v) is 7.34. The van der Waals surface area contributed by atoms with E-state index in [1.54, 1.807) is 24.3 Å². The third kappa shape index (κ3) is 4.67. The van der Waals surface area contributed by atoms with E-state index in [0.717, 1.165) is 19.4 Å². The van der Waals surface area contributed by atoms with Crippen LogP contribution in [0.4, 0.5) is 11.4 Å². The van der Waals surface area contributed by atoms with Gasteiger partial charge in [0.2, 0.25) is 11.6 Å². The standard InChI is InChI=1S/C22H24N4O7/c1-29-18-10-14(11-19(30-2)20(18)31-3)21-24-22(33-25-21)13-6-7-16(17(9-13)26(27)28)23-12-15-5-4-8-32-15/h6-7,9-11,15,23H,4-5,8,12H2,1-3H3/t15-/m1/s1. The lowest BCUT2D eigenvalue weighted by molar-refractivity contribution is -0.383. The summed E-state index contributed by atoms with van der Waals surface area (Å²) in [5.74, 6) is 1.74. The fourth-order valence-corrected chi connectivity index (χ4v) is 3.66. The van der Waals surface area contributed by atoms with E-state index in [0.29, 0.717) is 40.6 Å². The maximum atomic E-state index is 11.7. The molecule has 1 fully saturated rings. The molecule has 11 heteroatoms. The summed E-state index contributed by atoms with van der Waals surface area (Å²) in [6.07, 6.45) is 1.99. The van der Waals surface area contributed by atoms with E-state index >= 15 is 0 Å². The molecule has 11 nitrogen and oxygen atoms in total. The minimum absolute atomic E-state index is 0.0567. The minimum Gasteiger partial charge on any atom is -0.493 e. The van der Waals surface area contributed by atoms with Crippen LogP contribution < -0.4 is 19.5 Å². The molecule has 1 aliphatic heterocycles. The lowest BCUT2D eigenvalue weighted by atomic mass is 10.1. The molecule has 2 heterocycles. The molecule has 0 spiro atoms. The van der Waals surface area contributed by atoms with Crippen LogP contribution in [0.2, 0.25) is 0 Å². The van der Waals surface area contributed by atoms with Gasteiger partial charge in [-0.3, -0.25) is 10.1 Å². The summed E-state index contributed by atoms with van der Waals surface area (Å²) in [5.41, 5.74) is 1.32. The van der Waals surface area contributed by atoms with Crippen LogP contribution in [0.15, 0.2) is 34.9 Å². The number of hydrogen-bond acceptors (Lipinski definition) is 10. The van der Waals surface area contributed by atoms with Gasteiger partial charge < -0.3 is 28.8 Å². The van der Waals surface area contributed by atoms with Gasteiger partial charge in [-0.25, -0.2) is 0 Å². The predicted molar refractivity (Wildman–Crippen MR) is 119 cm³/mol. The summed E-state index contributed by atoms with van der Waals surface area (Å²) in [6.45, 7) is 1.23. The SMILES string of the molecule is COc1cc(-c2noc(-c3ccc(NC[C@H]4CCCO4)c([N+](=O)[O-])c3)n2)cc(OC)c1OC. The second-order valence-electron chi connectivity index (χ2n) is 7.34. The van der Waals surface area contributed by atoms with Gasteiger partial charge in [0.1, 0.15) is 5.69 Å². The molecule has 174 valence electrons. The fraction of sp³-hybridized carbons (Fsp3) is 0.364. The van der Waals surface area contributed by atoms with Crippen LogP contribution in [-0.4, -0.2) is 55.6 Å². The first-order valence-corrected chi connectivity index (χ1v) is 10.3. The van der Waals surface area contributed by atoms with Crippen LogP contribution in [0.1, 0.15) is 12.8 Å². The van der Waals surface area contributed by atoms with Crippen molar-refractivity contribution in [1.82, 2.24) is 10.1 Å². The number of ether oxygens (including phenoxy) is 4. The average Bonchev–Trinajstić information content (AvgIpc) is 3.54. The molecule has 0 radical (unpaired) electrons. The molecule has 1 N–H and O–H groups in total. The van der Waals surface area contributed by atoms with Crippen LogP contribution in [0.25, 0.3) is 22.8 Å². The molecule has 0 unspecified atom stereocenters. The Morgan fingerprint density at radius 2 is 1.88 bits per heavy atom. The normalized spacial score (nSPS) is 15.3. The van der Waals surface area contributed by atoms with Gasteiger partial charge >= 0.3 is 0 Å². The summed E-state index contributed by atoms with van der Waals surface area (Å²) in [4.78, 5) is 15.6. The molecule has 1 aromatic heterocycles. The monoisotopic (exact) mass is 456 g/mol. The molecule has 1 aliphatic rings. The fourth-order valence-electron chi connectivity index (χ4n) is 3.66. The van der Waals surface area contributed by atoms with E-state index in [4.69, 9.17) is 23.5 Å². The maximum Gasteiger partial charge on any atom is 0.293 e. The highest BCUT2D eigenvalue weighted by molar-refractivity contribution is 5.71. The zero-order valence-corrected chi connectivity index (χ0v) is 18.5. The largest absolute Gasteiger partial charge is 0.493 e. The number of hydrogen-bond donors (Lipinski definition) is 1. The summed E-state index contributed by atoms with van der Waals surface area (Å²) in [6, 6.07) is 8.11. The molecule has 0 saturated carbocycles. The van der Waals surface area contributed by atoms with Crippen molar-refractivity contribution in [3.63, 3.8) is 0 Å². The zero-order valence-electron chi connectivity index (χ0n) is 18.5. The van der Waals surface area contributed by atoms with E-state index in [1.807, 2.05) is 0 Å². The van der Waals surface area contributed by atoms with Gasteiger partial charge in [0.25, 0.3) is 11.6 Å². The third-order valence-electron chi connectivity index (χ3n) is 5.33. The van der Waals surface area contributed by atoms with Gasteiger partial charge in [-0.15, -0.1) is 0 Å². The molecule has 1 saturated heterocycles. The molecule has 33 heavy (non-hydrogen) atoms. The molecular weight excluding hydrogens is 432 g/mol. The Kier molecular flexibility index (Phi) is 6.59. The van der Waals surface area contributed by atoms with E-state index < -0.39 is 4.92 Å². The van der Waals surface area contributed by atoms with Crippen molar-refractivity contribution in [2.45, 2.75) is 18.9 Å². The number of methoxy groups -OCH3 is 3. The minimum atomic E-state index is -0.447. The number of benzene rings is 2. The van der Waals surface area contributed by atoms with Crippen molar-refractivity contribution in [3.8, 4) is 40.1 Å². The highest BCUT2D eigenvalue weighted by Gasteiger charge is 2.22. The Morgan fingerprint density at radius 1 is 1.12 bits per heavy atom. The topological polar surface area (TPSA) is 131 Å². The van der Waals surface area contributed by atoms with E-state index in [-0.39, 0.29) is 23.5 Å². The first-order valence-electron chi connectivity index (χ1n) is 10.3. The first kappa shape index (κ1) is 22.3. The van der Waals surface area contributed by atoms with Crippen LogP contribution in [-0.2, 0) is 4.74 Å². The third-order valence-corrected chi connectivity index (χ3v) is 5.33. The van der Waals surface area contributed by atoms with Gasteiger partial charge in [0.05, 0.1) is 32.4 Å². The molecule has 1 atom stereocenters. The molecule has 2 aromatic carbocycles.